The van der Waals surface area contributed by atoms with Crippen molar-refractivity contribution in [2.24, 2.45) is 0 Å². The molecular weight excluding hydrogens is 322 g/mol. The summed E-state index contributed by atoms with van der Waals surface area (Å²) < 4.78 is 0. The highest BCUT2D eigenvalue weighted by Crippen LogP contribution is 2.23. The summed E-state index contributed by atoms with van der Waals surface area (Å²) in [6, 6.07) is 15.9. The van der Waals surface area contributed by atoms with E-state index in [-0.39, 0.29) is 6.04 Å². The summed E-state index contributed by atoms with van der Waals surface area (Å²) in [6.45, 7) is 4.05. The number of nitrogens with zero attached hydrogens (tertiary/aromatic N) is 3. The van der Waals surface area contributed by atoms with Crippen LogP contribution in [0.5, 0.6) is 0 Å². The van der Waals surface area contributed by atoms with Crippen molar-refractivity contribution in [2.75, 3.05) is 10.6 Å². The number of halogens is 1. The average Bonchev–Trinajstić information content (AvgIpc) is 2.58. The summed E-state index contributed by atoms with van der Waals surface area (Å²) in [7, 11) is 0. The first-order chi connectivity index (χ1) is 11.6. The molecule has 5 nitrogen and oxygen atoms in total. The van der Waals surface area contributed by atoms with E-state index in [1.807, 2.05) is 43.3 Å². The predicted molar refractivity (Wildman–Crippen MR) is 97.8 cm³/mol. The molecule has 0 amide bonds. The Labute approximate surface area is 146 Å². The van der Waals surface area contributed by atoms with Crippen LogP contribution in [0.2, 0.25) is 5.02 Å². The third-order valence-corrected chi connectivity index (χ3v) is 3.89. The molecule has 0 aliphatic heterocycles. The molecule has 0 aliphatic rings. The molecule has 0 saturated heterocycles. The van der Waals surface area contributed by atoms with Crippen molar-refractivity contribution in [2.45, 2.75) is 19.9 Å². The molecule has 0 fully saturated rings. The van der Waals surface area contributed by atoms with Gasteiger partial charge in [-0.1, -0.05) is 41.9 Å². The monoisotopic (exact) mass is 339 g/mol. The highest BCUT2D eigenvalue weighted by Gasteiger charge is 2.08. The van der Waals surface area contributed by atoms with Gasteiger partial charge in [-0.3, -0.25) is 0 Å². The fourth-order valence-electron chi connectivity index (χ4n) is 2.36. The molecule has 3 rings (SSSR count). The number of aryl methyl sites for hydroxylation is 1. The number of nitrogens with one attached hydrogen (secondary N) is 2. The van der Waals surface area contributed by atoms with Gasteiger partial charge in [0.05, 0.1) is 6.20 Å². The first-order valence-corrected chi connectivity index (χ1v) is 8.04. The van der Waals surface area contributed by atoms with E-state index in [0.717, 1.165) is 11.3 Å². The van der Waals surface area contributed by atoms with Crippen LogP contribution in [0.1, 0.15) is 24.1 Å². The first-order valence-electron chi connectivity index (χ1n) is 7.66. The summed E-state index contributed by atoms with van der Waals surface area (Å²) in [6.07, 6.45) is 1.61. The van der Waals surface area contributed by atoms with Crippen LogP contribution in [0.3, 0.4) is 0 Å². The highest BCUT2D eigenvalue weighted by molar-refractivity contribution is 6.30. The Hall–Kier alpha value is -2.66. The van der Waals surface area contributed by atoms with Crippen LogP contribution in [0, 0.1) is 6.92 Å². The lowest BCUT2D eigenvalue weighted by atomic mass is 10.1. The third-order valence-electron chi connectivity index (χ3n) is 3.66. The van der Waals surface area contributed by atoms with Gasteiger partial charge in [0.15, 0.2) is 5.82 Å². The second kappa shape index (κ2) is 7.27. The molecule has 1 aromatic heterocycles. The average molecular weight is 340 g/mol. The van der Waals surface area contributed by atoms with Gasteiger partial charge >= 0.3 is 0 Å². The summed E-state index contributed by atoms with van der Waals surface area (Å²) in [5.41, 5.74) is 3.09. The quantitative estimate of drug-likeness (QED) is 0.702. The molecule has 6 heteroatoms. The molecule has 2 N–H and O–H groups in total. The highest BCUT2D eigenvalue weighted by atomic mass is 35.5. The van der Waals surface area contributed by atoms with E-state index in [9.17, 15) is 0 Å². The van der Waals surface area contributed by atoms with Gasteiger partial charge in [0.25, 0.3) is 0 Å². The molecule has 122 valence electrons. The summed E-state index contributed by atoms with van der Waals surface area (Å²) >= 11 is 5.98. The first kappa shape index (κ1) is 16.2. The summed E-state index contributed by atoms with van der Waals surface area (Å²) in [5.74, 6) is 1.10. The van der Waals surface area contributed by atoms with Crippen molar-refractivity contribution in [3.63, 3.8) is 0 Å². The number of benzene rings is 2. The number of rotatable bonds is 5. The van der Waals surface area contributed by atoms with Crippen molar-refractivity contribution in [1.29, 1.82) is 0 Å². The second-order valence-electron chi connectivity index (χ2n) is 5.53. The molecular formula is C18H18ClN5. The van der Waals surface area contributed by atoms with Gasteiger partial charge in [-0.25, -0.2) is 0 Å². The van der Waals surface area contributed by atoms with Gasteiger partial charge < -0.3 is 10.6 Å². The van der Waals surface area contributed by atoms with Crippen molar-refractivity contribution in [3.05, 3.63) is 70.9 Å². The molecule has 0 spiro atoms. The number of aromatic nitrogens is 3. The Bertz CT molecular complexity index is 823. The normalized spacial score (nSPS) is 11.8. The van der Waals surface area contributed by atoms with E-state index in [4.69, 9.17) is 11.6 Å². The Morgan fingerprint density at radius 3 is 2.62 bits per heavy atom. The minimum Gasteiger partial charge on any atom is -0.362 e. The maximum Gasteiger partial charge on any atom is 0.249 e. The Morgan fingerprint density at radius 2 is 1.88 bits per heavy atom. The Kier molecular flexibility index (Phi) is 4.91. The predicted octanol–water partition coefficient (Wildman–Crippen LogP) is 4.75. The van der Waals surface area contributed by atoms with Crippen molar-refractivity contribution in [1.82, 2.24) is 15.2 Å². The topological polar surface area (TPSA) is 62.7 Å². The largest absolute Gasteiger partial charge is 0.362 e. The standard InChI is InChI=1S/C18H18ClN5/c1-12-10-15(19)8-9-16(12)22-18-23-17(11-20-24-18)21-13(2)14-6-4-3-5-7-14/h3-11,13H,1-2H3,(H2,21,22,23,24). The second-order valence-corrected chi connectivity index (χ2v) is 5.96. The van der Waals surface area contributed by atoms with Crippen LogP contribution >= 0.6 is 11.6 Å². The Balaban J connectivity index is 1.74. The fourth-order valence-corrected chi connectivity index (χ4v) is 2.59. The molecule has 0 bridgehead atoms. The van der Waals surface area contributed by atoms with Gasteiger partial charge in [-0.2, -0.15) is 10.1 Å². The SMILES string of the molecule is Cc1cc(Cl)ccc1Nc1nncc(NC(C)c2ccccc2)n1. The van der Waals surface area contributed by atoms with E-state index < -0.39 is 0 Å². The lowest BCUT2D eigenvalue weighted by Crippen LogP contribution is -2.10. The zero-order valence-corrected chi connectivity index (χ0v) is 14.2. The van der Waals surface area contributed by atoms with E-state index in [1.54, 1.807) is 6.20 Å². The molecule has 0 radical (unpaired) electrons. The molecule has 1 atom stereocenters. The van der Waals surface area contributed by atoms with Gasteiger partial charge in [0.2, 0.25) is 5.95 Å². The lowest BCUT2D eigenvalue weighted by Gasteiger charge is -2.15. The third kappa shape index (κ3) is 4.00. The molecule has 1 unspecified atom stereocenters. The molecule has 24 heavy (non-hydrogen) atoms. The number of hydrogen-bond donors (Lipinski definition) is 2. The van der Waals surface area contributed by atoms with Gasteiger partial charge in [0, 0.05) is 16.8 Å². The minimum absolute atomic E-state index is 0.119. The maximum atomic E-state index is 5.98. The van der Waals surface area contributed by atoms with Crippen molar-refractivity contribution >= 4 is 29.1 Å². The van der Waals surface area contributed by atoms with Crippen LogP contribution in [-0.4, -0.2) is 15.2 Å². The molecule has 1 heterocycles. The van der Waals surface area contributed by atoms with Crippen LogP contribution < -0.4 is 10.6 Å². The van der Waals surface area contributed by atoms with Gasteiger partial charge in [-0.15, -0.1) is 5.10 Å². The van der Waals surface area contributed by atoms with E-state index >= 15 is 0 Å². The van der Waals surface area contributed by atoms with Crippen LogP contribution in [0.15, 0.2) is 54.7 Å². The van der Waals surface area contributed by atoms with E-state index in [0.29, 0.717) is 16.8 Å². The summed E-state index contributed by atoms with van der Waals surface area (Å²) in [5, 5.41) is 15.2. The van der Waals surface area contributed by atoms with Gasteiger partial charge in [0.1, 0.15) is 0 Å². The molecule has 0 saturated carbocycles. The summed E-state index contributed by atoms with van der Waals surface area (Å²) in [4.78, 5) is 4.47. The fraction of sp³-hybridized carbons (Fsp3) is 0.167. The van der Waals surface area contributed by atoms with Gasteiger partial charge in [-0.05, 0) is 43.2 Å². The van der Waals surface area contributed by atoms with Crippen LogP contribution in [0.4, 0.5) is 17.5 Å². The zero-order chi connectivity index (χ0) is 16.9. The zero-order valence-electron chi connectivity index (χ0n) is 13.5. The Morgan fingerprint density at radius 1 is 1.08 bits per heavy atom. The maximum absolute atomic E-state index is 5.98. The molecule has 0 aliphatic carbocycles. The van der Waals surface area contributed by atoms with E-state index in [2.05, 4.69) is 44.9 Å². The van der Waals surface area contributed by atoms with Crippen LogP contribution in [0.25, 0.3) is 0 Å². The molecule has 3 aromatic rings. The van der Waals surface area contributed by atoms with Crippen LogP contribution in [-0.2, 0) is 0 Å². The van der Waals surface area contributed by atoms with E-state index in [1.165, 1.54) is 5.56 Å². The number of anilines is 3. The number of hydrogen-bond acceptors (Lipinski definition) is 5. The lowest BCUT2D eigenvalue weighted by molar-refractivity contribution is 0.861. The van der Waals surface area contributed by atoms with Crippen molar-refractivity contribution < 1.29 is 0 Å². The smallest absolute Gasteiger partial charge is 0.249 e. The molecule has 2 aromatic carbocycles. The minimum atomic E-state index is 0.119. The van der Waals surface area contributed by atoms with Crippen molar-refractivity contribution in [3.8, 4) is 0 Å².